The molecule has 1 aliphatic heterocycles. The molecule has 2 nitrogen and oxygen atoms in total. The SMILES string of the molecule is FC(F)(F)C1(Cl)C=C(C2(C(F)(F)F)CC=NO2)C=CC1. The summed E-state index contributed by atoms with van der Waals surface area (Å²) in [4.78, 5) is 1.48. The van der Waals surface area contributed by atoms with Crippen molar-refractivity contribution in [3.63, 3.8) is 0 Å². The Bertz CT molecular complexity index is 484. The molecular weight excluding hydrogens is 312 g/mol. The molecule has 2 rings (SSSR count). The van der Waals surface area contributed by atoms with Crippen molar-refractivity contribution in [2.24, 2.45) is 5.16 Å². The van der Waals surface area contributed by atoms with Crippen LogP contribution in [-0.2, 0) is 4.84 Å². The van der Waals surface area contributed by atoms with Gasteiger partial charge in [0.05, 0.1) is 0 Å². The largest absolute Gasteiger partial charge is 0.435 e. The molecule has 0 aromatic carbocycles. The highest BCUT2D eigenvalue weighted by Crippen LogP contribution is 2.50. The van der Waals surface area contributed by atoms with Crippen LogP contribution in [0.5, 0.6) is 0 Å². The van der Waals surface area contributed by atoms with Gasteiger partial charge in [0.25, 0.3) is 5.60 Å². The summed E-state index contributed by atoms with van der Waals surface area (Å²) in [6.45, 7) is 0. The van der Waals surface area contributed by atoms with Gasteiger partial charge in [0.2, 0.25) is 0 Å². The van der Waals surface area contributed by atoms with Gasteiger partial charge in [-0.25, -0.2) is 0 Å². The summed E-state index contributed by atoms with van der Waals surface area (Å²) in [6, 6.07) is 0. The Balaban J connectivity index is 2.48. The first-order valence-corrected chi connectivity index (χ1v) is 5.82. The highest BCUT2D eigenvalue weighted by molar-refractivity contribution is 6.26. The van der Waals surface area contributed by atoms with Gasteiger partial charge in [-0.05, 0) is 12.5 Å². The van der Waals surface area contributed by atoms with Gasteiger partial charge in [-0.2, -0.15) is 26.3 Å². The fraction of sp³-hybridized carbons (Fsp3) is 0.545. The number of hydrogen-bond acceptors (Lipinski definition) is 2. The highest BCUT2D eigenvalue weighted by Gasteiger charge is 2.63. The number of allylic oxidation sites excluding steroid dienone is 2. The topological polar surface area (TPSA) is 21.6 Å². The van der Waals surface area contributed by atoms with Crippen molar-refractivity contribution in [3.05, 3.63) is 23.8 Å². The first-order chi connectivity index (χ1) is 9.02. The summed E-state index contributed by atoms with van der Waals surface area (Å²) in [6.07, 6.45) is -8.03. The Kier molecular flexibility index (Phi) is 3.35. The molecule has 0 radical (unpaired) electrons. The Morgan fingerprint density at radius 2 is 1.75 bits per heavy atom. The van der Waals surface area contributed by atoms with Gasteiger partial charge in [-0.15, -0.1) is 11.6 Å². The first kappa shape index (κ1) is 15.2. The maximum Gasteiger partial charge on any atom is 0.435 e. The molecule has 0 bridgehead atoms. The molecule has 2 unspecified atom stereocenters. The second-order valence-electron chi connectivity index (χ2n) is 4.47. The fourth-order valence-electron chi connectivity index (χ4n) is 1.99. The Hall–Kier alpha value is -1.18. The Morgan fingerprint density at radius 3 is 2.20 bits per heavy atom. The van der Waals surface area contributed by atoms with Crippen molar-refractivity contribution >= 4 is 17.8 Å². The first-order valence-electron chi connectivity index (χ1n) is 5.44. The molecule has 0 amide bonds. The Morgan fingerprint density at radius 1 is 1.10 bits per heavy atom. The zero-order valence-electron chi connectivity index (χ0n) is 9.72. The summed E-state index contributed by atoms with van der Waals surface area (Å²) >= 11 is 5.42. The van der Waals surface area contributed by atoms with E-state index in [0.29, 0.717) is 6.08 Å². The smallest absolute Gasteiger partial charge is 0.375 e. The van der Waals surface area contributed by atoms with Crippen LogP contribution in [0, 0.1) is 0 Å². The average Bonchev–Trinajstić information content (AvgIpc) is 2.77. The maximum absolute atomic E-state index is 13.1. The van der Waals surface area contributed by atoms with Crippen LogP contribution in [0.4, 0.5) is 26.3 Å². The Labute approximate surface area is 114 Å². The number of rotatable bonds is 1. The summed E-state index contributed by atoms with van der Waals surface area (Å²) in [5.74, 6) is 0. The van der Waals surface area contributed by atoms with Gasteiger partial charge in [0, 0.05) is 18.2 Å². The van der Waals surface area contributed by atoms with E-state index in [2.05, 4.69) is 9.99 Å². The van der Waals surface area contributed by atoms with Crippen LogP contribution in [0.25, 0.3) is 0 Å². The predicted molar refractivity (Wildman–Crippen MR) is 59.5 cm³/mol. The minimum Gasteiger partial charge on any atom is -0.375 e. The van der Waals surface area contributed by atoms with Crippen LogP contribution in [-0.4, -0.2) is 29.0 Å². The van der Waals surface area contributed by atoms with Crippen molar-refractivity contribution in [2.75, 3.05) is 0 Å². The third-order valence-electron chi connectivity index (χ3n) is 3.15. The van der Waals surface area contributed by atoms with E-state index in [1.165, 1.54) is 0 Å². The van der Waals surface area contributed by atoms with E-state index >= 15 is 0 Å². The third-order valence-corrected chi connectivity index (χ3v) is 3.63. The quantitative estimate of drug-likeness (QED) is 0.526. The molecule has 112 valence electrons. The number of alkyl halides is 7. The molecular formula is C11H8ClF6NO. The number of halogens is 7. The molecule has 1 heterocycles. The van der Waals surface area contributed by atoms with Gasteiger partial charge < -0.3 is 4.84 Å². The van der Waals surface area contributed by atoms with Gasteiger partial charge >= 0.3 is 12.4 Å². The lowest BCUT2D eigenvalue weighted by Crippen LogP contribution is -2.49. The van der Waals surface area contributed by atoms with Crippen molar-refractivity contribution in [3.8, 4) is 0 Å². The second-order valence-corrected chi connectivity index (χ2v) is 5.15. The van der Waals surface area contributed by atoms with E-state index in [1.54, 1.807) is 0 Å². The third kappa shape index (κ3) is 2.19. The number of hydrogen-bond donors (Lipinski definition) is 0. The van der Waals surface area contributed by atoms with Crippen LogP contribution in [0.3, 0.4) is 0 Å². The van der Waals surface area contributed by atoms with Crippen LogP contribution < -0.4 is 0 Å². The van der Waals surface area contributed by atoms with Crippen LogP contribution >= 0.6 is 11.6 Å². The van der Waals surface area contributed by atoms with Crippen molar-refractivity contribution in [2.45, 2.75) is 35.7 Å². The summed E-state index contributed by atoms with van der Waals surface area (Å²) in [5, 5.41) is 3.04. The molecule has 0 N–H and O–H groups in total. The van der Waals surface area contributed by atoms with E-state index in [4.69, 9.17) is 11.6 Å². The minimum absolute atomic E-state index is 0.358. The van der Waals surface area contributed by atoms with Crippen molar-refractivity contribution < 1.29 is 31.2 Å². The van der Waals surface area contributed by atoms with Gasteiger partial charge in [-0.1, -0.05) is 17.3 Å². The van der Waals surface area contributed by atoms with Gasteiger partial charge in [0.15, 0.2) is 4.87 Å². The van der Waals surface area contributed by atoms with Gasteiger partial charge in [-0.3, -0.25) is 0 Å². The fourth-order valence-corrected chi connectivity index (χ4v) is 2.20. The monoisotopic (exact) mass is 319 g/mol. The maximum atomic E-state index is 13.1. The summed E-state index contributed by atoms with van der Waals surface area (Å²) in [5.41, 5.74) is -3.60. The standard InChI is InChI=1S/C11H8ClF6NO/c12-8(10(13,14)15)3-1-2-7(6-8)9(11(16,17)18)4-5-19-20-9/h1-2,5-6H,3-4H2. The summed E-state index contributed by atoms with van der Waals surface area (Å²) in [7, 11) is 0. The molecule has 0 spiro atoms. The average molecular weight is 320 g/mol. The van der Waals surface area contributed by atoms with Crippen LogP contribution in [0.1, 0.15) is 12.8 Å². The molecule has 0 fully saturated rings. The van der Waals surface area contributed by atoms with E-state index in [0.717, 1.165) is 18.4 Å². The minimum atomic E-state index is -4.92. The second kappa shape index (κ2) is 4.41. The predicted octanol–water partition coefficient (Wildman–Crippen LogP) is 4.12. The van der Waals surface area contributed by atoms with Gasteiger partial charge in [0.1, 0.15) is 0 Å². The van der Waals surface area contributed by atoms with E-state index in [9.17, 15) is 26.3 Å². The van der Waals surface area contributed by atoms with Crippen molar-refractivity contribution in [1.82, 2.24) is 0 Å². The molecule has 1 aliphatic carbocycles. The van der Waals surface area contributed by atoms with E-state index in [-0.39, 0.29) is 0 Å². The molecule has 9 heteroatoms. The van der Waals surface area contributed by atoms with Crippen molar-refractivity contribution in [1.29, 1.82) is 0 Å². The number of nitrogens with zero attached hydrogens (tertiary/aromatic N) is 1. The van der Waals surface area contributed by atoms with E-state index < -0.39 is 41.2 Å². The highest BCUT2D eigenvalue weighted by atomic mass is 35.5. The lowest BCUT2D eigenvalue weighted by Gasteiger charge is -2.35. The van der Waals surface area contributed by atoms with Crippen LogP contribution in [0.2, 0.25) is 0 Å². The normalized spacial score (nSPS) is 34.0. The molecule has 2 atom stereocenters. The molecule has 0 aromatic heterocycles. The lowest BCUT2D eigenvalue weighted by molar-refractivity contribution is -0.252. The summed E-state index contributed by atoms with van der Waals surface area (Å²) < 4.78 is 78.0. The molecule has 0 aromatic rings. The zero-order valence-corrected chi connectivity index (χ0v) is 10.5. The number of oxime groups is 1. The van der Waals surface area contributed by atoms with Crippen LogP contribution in [0.15, 0.2) is 29.0 Å². The molecule has 20 heavy (non-hydrogen) atoms. The van der Waals surface area contributed by atoms with E-state index in [1.807, 2.05) is 0 Å². The zero-order chi connectivity index (χ0) is 15.2. The lowest BCUT2D eigenvalue weighted by atomic mass is 9.83. The molecule has 0 saturated heterocycles. The molecule has 2 aliphatic rings. The molecule has 0 saturated carbocycles.